The number of aldehydes is 2. The average Bonchev–Trinajstić information content (AvgIpc) is 1.91. The van der Waals surface area contributed by atoms with E-state index in [0.29, 0.717) is 12.7 Å². The minimum atomic E-state index is 0.472. The van der Waals surface area contributed by atoms with Crippen LogP contribution in [0.5, 0.6) is 0 Å². The second-order valence-electron chi connectivity index (χ2n) is 1.06. The van der Waals surface area contributed by atoms with Gasteiger partial charge >= 0.3 is 0 Å². The molecule has 0 aromatic carbocycles. The van der Waals surface area contributed by atoms with Gasteiger partial charge in [-0.2, -0.15) is 0 Å². The van der Waals surface area contributed by atoms with Crippen molar-refractivity contribution < 1.29 is 9.59 Å². The molecule has 50 valence electrons. The van der Waals surface area contributed by atoms with E-state index in [1.807, 2.05) is 0 Å². The summed E-state index contributed by atoms with van der Waals surface area (Å²) in [5, 5.41) is 0. The molecule has 0 N–H and O–H groups in total. The van der Waals surface area contributed by atoms with Crippen LogP contribution in [0, 0.1) is 0 Å². The Kier molecular flexibility index (Phi) is 18.9. The van der Waals surface area contributed by atoms with Crippen LogP contribution in [0.15, 0.2) is 25.3 Å². The van der Waals surface area contributed by atoms with Gasteiger partial charge in [-0.15, -0.1) is 6.58 Å². The third-order valence-electron chi connectivity index (χ3n) is 0.359. The monoisotopic (exact) mass is 126 g/mol. The van der Waals surface area contributed by atoms with E-state index < -0.39 is 0 Å². The maximum atomic E-state index is 9.33. The molecule has 0 fully saturated rings. The zero-order chi connectivity index (χ0) is 7.54. The molecule has 0 saturated carbocycles. The Morgan fingerprint density at radius 1 is 1.22 bits per heavy atom. The second kappa shape index (κ2) is 15.8. The van der Waals surface area contributed by atoms with E-state index >= 15 is 0 Å². The van der Waals surface area contributed by atoms with Crippen LogP contribution in [0.1, 0.15) is 6.42 Å². The lowest BCUT2D eigenvalue weighted by atomic mass is 10.5. The number of carbonyl (C=O) groups excluding carboxylic acids is 2. The maximum Gasteiger partial charge on any atom is 0.142 e. The predicted octanol–water partition coefficient (Wildman–Crippen LogP) is 1.13. The lowest BCUT2D eigenvalue weighted by molar-refractivity contribution is -0.107. The highest BCUT2D eigenvalue weighted by Gasteiger charge is 1.59. The van der Waals surface area contributed by atoms with E-state index in [2.05, 4.69) is 13.2 Å². The Bertz CT molecular complexity index is 83.1. The van der Waals surface area contributed by atoms with Crippen molar-refractivity contribution in [1.29, 1.82) is 0 Å². The van der Waals surface area contributed by atoms with Crippen LogP contribution < -0.4 is 0 Å². The highest BCUT2D eigenvalue weighted by atomic mass is 16.1. The number of hydrogen-bond donors (Lipinski definition) is 0. The number of rotatable bonds is 3. The smallest absolute Gasteiger partial charge is 0.142 e. The van der Waals surface area contributed by atoms with Crippen LogP contribution in [0.2, 0.25) is 0 Å². The van der Waals surface area contributed by atoms with E-state index in [4.69, 9.17) is 4.79 Å². The molecular weight excluding hydrogens is 116 g/mol. The molecule has 9 heavy (non-hydrogen) atoms. The van der Waals surface area contributed by atoms with Gasteiger partial charge in [0.2, 0.25) is 0 Å². The van der Waals surface area contributed by atoms with Crippen molar-refractivity contribution in [1.82, 2.24) is 0 Å². The summed E-state index contributed by atoms with van der Waals surface area (Å²) < 4.78 is 0. The van der Waals surface area contributed by atoms with Crippen molar-refractivity contribution in [2.45, 2.75) is 6.42 Å². The first-order valence-corrected chi connectivity index (χ1v) is 2.44. The van der Waals surface area contributed by atoms with Gasteiger partial charge in [0, 0.05) is 6.42 Å². The molecule has 0 spiro atoms. The van der Waals surface area contributed by atoms with Gasteiger partial charge in [-0.05, 0) is 6.08 Å². The second-order valence-corrected chi connectivity index (χ2v) is 1.06. The van der Waals surface area contributed by atoms with Gasteiger partial charge in [-0.1, -0.05) is 12.7 Å². The number of allylic oxidation sites excluding steroid dienone is 2. The molecule has 0 unspecified atom stereocenters. The van der Waals surface area contributed by atoms with E-state index in [1.54, 1.807) is 6.08 Å². The van der Waals surface area contributed by atoms with E-state index in [9.17, 15) is 4.79 Å². The number of hydrogen-bond acceptors (Lipinski definition) is 2. The Balaban J connectivity index is 0. The summed E-state index contributed by atoms with van der Waals surface area (Å²) in [6.45, 7) is 6.43. The molecular formula is C7H10O2. The Morgan fingerprint density at radius 2 is 1.67 bits per heavy atom. The molecule has 0 saturated heterocycles. The summed E-state index contributed by atoms with van der Waals surface area (Å²) in [5.74, 6) is 0. The van der Waals surface area contributed by atoms with Gasteiger partial charge in [0.1, 0.15) is 12.6 Å². The summed E-state index contributed by atoms with van der Waals surface area (Å²) in [6.07, 6.45) is 4.68. The van der Waals surface area contributed by atoms with Gasteiger partial charge < -0.3 is 4.79 Å². The van der Waals surface area contributed by atoms with Gasteiger partial charge in [0.05, 0.1) is 0 Å². The molecule has 0 aromatic heterocycles. The van der Waals surface area contributed by atoms with Gasteiger partial charge in [-0.25, -0.2) is 0 Å². The van der Waals surface area contributed by atoms with Crippen molar-refractivity contribution in [3.8, 4) is 0 Å². The van der Waals surface area contributed by atoms with Gasteiger partial charge in [-0.3, -0.25) is 4.79 Å². The fraction of sp³-hybridized carbons (Fsp3) is 0.143. The summed E-state index contributed by atoms with van der Waals surface area (Å²) >= 11 is 0. The molecule has 2 nitrogen and oxygen atoms in total. The zero-order valence-electron chi connectivity index (χ0n) is 5.25. The molecule has 0 atom stereocenters. The number of carbonyl (C=O) groups is 2. The third-order valence-corrected chi connectivity index (χ3v) is 0.359. The van der Waals surface area contributed by atoms with E-state index in [0.717, 1.165) is 6.29 Å². The molecule has 0 rings (SSSR count). The first-order chi connectivity index (χ1) is 4.33. The Labute approximate surface area is 54.9 Å². The largest absolute Gasteiger partial charge is 0.303 e. The minimum absolute atomic E-state index is 0.472. The summed E-state index contributed by atoms with van der Waals surface area (Å²) in [7, 11) is 0. The lowest BCUT2D eigenvalue weighted by Crippen LogP contribution is -1.59. The summed E-state index contributed by atoms with van der Waals surface area (Å²) in [4.78, 5) is 18.4. The lowest BCUT2D eigenvalue weighted by Gasteiger charge is -1.59. The summed E-state index contributed by atoms with van der Waals surface area (Å²) in [6, 6.07) is 0. The van der Waals surface area contributed by atoms with Crippen LogP contribution in [0.25, 0.3) is 0 Å². The molecule has 0 aliphatic heterocycles. The van der Waals surface area contributed by atoms with Crippen LogP contribution in [-0.4, -0.2) is 12.6 Å². The fourth-order valence-corrected chi connectivity index (χ4v) is 0.0680. The first kappa shape index (κ1) is 10.7. The molecule has 0 heterocycles. The van der Waals surface area contributed by atoms with Crippen LogP contribution in [0.3, 0.4) is 0 Å². The zero-order valence-corrected chi connectivity index (χ0v) is 5.25. The molecule has 0 bridgehead atoms. The van der Waals surface area contributed by atoms with Crippen molar-refractivity contribution in [2.24, 2.45) is 0 Å². The first-order valence-electron chi connectivity index (χ1n) is 2.44. The SMILES string of the molecule is C=CC=O.C=CCC=O. The fourth-order valence-electron chi connectivity index (χ4n) is 0.0680. The average molecular weight is 126 g/mol. The Morgan fingerprint density at radius 3 is 1.67 bits per heavy atom. The molecule has 0 amide bonds. The molecule has 0 aliphatic carbocycles. The normalized spacial score (nSPS) is 5.78. The van der Waals surface area contributed by atoms with Gasteiger partial charge in [0.15, 0.2) is 0 Å². The predicted molar refractivity (Wildman–Crippen MR) is 37.1 cm³/mol. The molecule has 0 aliphatic rings. The quantitative estimate of drug-likeness (QED) is 0.323. The van der Waals surface area contributed by atoms with Crippen LogP contribution in [0.4, 0.5) is 0 Å². The third kappa shape index (κ3) is 47.8. The van der Waals surface area contributed by atoms with E-state index in [1.165, 1.54) is 6.08 Å². The van der Waals surface area contributed by atoms with Crippen LogP contribution in [-0.2, 0) is 9.59 Å². The summed E-state index contributed by atoms with van der Waals surface area (Å²) in [5.41, 5.74) is 0. The van der Waals surface area contributed by atoms with Crippen molar-refractivity contribution in [2.75, 3.05) is 0 Å². The van der Waals surface area contributed by atoms with Crippen molar-refractivity contribution in [3.63, 3.8) is 0 Å². The maximum absolute atomic E-state index is 9.33. The highest BCUT2D eigenvalue weighted by Crippen LogP contribution is 1.64. The minimum Gasteiger partial charge on any atom is -0.303 e. The highest BCUT2D eigenvalue weighted by molar-refractivity contribution is 5.63. The standard InChI is InChI=1S/C4H6O.C3H4O/c1-2-3-4-5;1-2-3-4/h2,4H,1,3H2;2-3H,1H2. The molecule has 2 heteroatoms. The van der Waals surface area contributed by atoms with Crippen molar-refractivity contribution in [3.05, 3.63) is 25.3 Å². The van der Waals surface area contributed by atoms with Crippen LogP contribution >= 0.6 is 0 Å². The van der Waals surface area contributed by atoms with Gasteiger partial charge in [0.25, 0.3) is 0 Å². The molecule has 0 aromatic rings. The topological polar surface area (TPSA) is 34.1 Å². The Hall–Kier alpha value is -1.18. The van der Waals surface area contributed by atoms with E-state index in [-0.39, 0.29) is 0 Å². The molecule has 0 radical (unpaired) electrons. The van der Waals surface area contributed by atoms with Crippen molar-refractivity contribution >= 4 is 12.6 Å².